The lowest BCUT2D eigenvalue weighted by atomic mass is 10.1. The first-order chi connectivity index (χ1) is 10.6. The van der Waals surface area contributed by atoms with Crippen LogP contribution >= 0.6 is 0 Å². The van der Waals surface area contributed by atoms with Crippen LogP contribution in [0.1, 0.15) is 10.5 Å². The molecule has 0 aliphatic carbocycles. The van der Waals surface area contributed by atoms with Crippen molar-refractivity contribution in [3.63, 3.8) is 0 Å². The number of rotatable bonds is 3. The van der Waals surface area contributed by atoms with E-state index in [2.05, 4.69) is 0 Å². The summed E-state index contributed by atoms with van der Waals surface area (Å²) in [7, 11) is 1.61. The number of pyridine rings is 1. The van der Waals surface area contributed by atoms with Gasteiger partial charge in [0.15, 0.2) is 5.43 Å². The third-order valence-electron chi connectivity index (χ3n) is 3.42. The Kier molecular flexibility index (Phi) is 3.39. The van der Waals surface area contributed by atoms with Gasteiger partial charge in [-0.3, -0.25) is 4.79 Å². The number of hydrogen-bond donors (Lipinski definition) is 1. The van der Waals surface area contributed by atoms with Gasteiger partial charge >= 0.3 is 5.97 Å². The molecule has 3 aromatic rings. The monoisotopic (exact) mass is 295 g/mol. The van der Waals surface area contributed by atoms with Gasteiger partial charge in [0.25, 0.3) is 0 Å². The number of ether oxygens (including phenoxy) is 1. The average Bonchev–Trinajstić information content (AvgIpc) is 2.51. The molecule has 0 aliphatic heterocycles. The number of carboxylic acids is 1. The van der Waals surface area contributed by atoms with Gasteiger partial charge in [0.2, 0.25) is 0 Å². The Balaban J connectivity index is 2.11. The first-order valence-corrected chi connectivity index (χ1v) is 6.66. The zero-order valence-corrected chi connectivity index (χ0v) is 11.8. The molecule has 0 saturated carbocycles. The second-order valence-electron chi connectivity index (χ2n) is 4.85. The van der Waals surface area contributed by atoms with Crippen LogP contribution in [0.2, 0.25) is 0 Å². The molecular weight excluding hydrogens is 282 g/mol. The van der Waals surface area contributed by atoms with E-state index in [0.29, 0.717) is 22.4 Å². The highest BCUT2D eigenvalue weighted by atomic mass is 16.5. The quantitative estimate of drug-likeness (QED) is 0.806. The van der Waals surface area contributed by atoms with E-state index in [4.69, 9.17) is 9.84 Å². The van der Waals surface area contributed by atoms with E-state index in [1.54, 1.807) is 25.2 Å². The molecule has 1 heterocycles. The van der Waals surface area contributed by atoms with Crippen molar-refractivity contribution in [2.75, 3.05) is 0 Å². The molecule has 5 nitrogen and oxygen atoms in total. The summed E-state index contributed by atoms with van der Waals surface area (Å²) in [6.45, 7) is 0. The summed E-state index contributed by atoms with van der Waals surface area (Å²) >= 11 is 0. The number of aryl methyl sites for hydroxylation is 1. The number of carbonyl (C=O) groups is 1. The molecule has 0 aliphatic rings. The predicted octanol–water partition coefficient (Wildman–Crippen LogP) is 3.03. The van der Waals surface area contributed by atoms with Crippen molar-refractivity contribution in [2.24, 2.45) is 7.05 Å². The van der Waals surface area contributed by atoms with E-state index in [1.165, 1.54) is 4.57 Å². The van der Waals surface area contributed by atoms with Crippen molar-refractivity contribution in [1.82, 2.24) is 4.57 Å². The van der Waals surface area contributed by atoms with E-state index in [0.717, 1.165) is 6.07 Å². The molecule has 0 atom stereocenters. The summed E-state index contributed by atoms with van der Waals surface area (Å²) in [5.41, 5.74) is 0.156. The van der Waals surface area contributed by atoms with Gasteiger partial charge in [0, 0.05) is 18.5 Å². The molecule has 0 saturated heterocycles. The zero-order chi connectivity index (χ0) is 15.7. The van der Waals surface area contributed by atoms with Gasteiger partial charge in [-0.05, 0) is 30.3 Å². The summed E-state index contributed by atoms with van der Waals surface area (Å²) in [6.07, 6.45) is 0. The fraction of sp³-hybridized carbons (Fsp3) is 0.0588. The van der Waals surface area contributed by atoms with Crippen LogP contribution < -0.4 is 10.2 Å². The van der Waals surface area contributed by atoms with Crippen LogP contribution in [0.4, 0.5) is 0 Å². The topological polar surface area (TPSA) is 68.5 Å². The molecule has 0 radical (unpaired) electrons. The Labute approximate surface area is 126 Å². The highest BCUT2D eigenvalue weighted by Crippen LogP contribution is 2.24. The lowest BCUT2D eigenvalue weighted by molar-refractivity contribution is 0.0686. The molecule has 110 valence electrons. The van der Waals surface area contributed by atoms with Gasteiger partial charge in [-0.25, -0.2) is 4.79 Å². The lowest BCUT2D eigenvalue weighted by Crippen LogP contribution is -2.15. The Morgan fingerprint density at radius 2 is 1.77 bits per heavy atom. The Bertz CT molecular complexity index is 913. The number of carboxylic acid groups (broad SMARTS) is 1. The summed E-state index contributed by atoms with van der Waals surface area (Å²) in [6, 6.07) is 15.4. The summed E-state index contributed by atoms with van der Waals surface area (Å²) in [5, 5.41) is 9.53. The van der Waals surface area contributed by atoms with Gasteiger partial charge in [0.1, 0.15) is 17.2 Å². The third kappa shape index (κ3) is 2.44. The minimum absolute atomic E-state index is 0.0470. The van der Waals surface area contributed by atoms with Crippen LogP contribution in [-0.2, 0) is 7.05 Å². The van der Waals surface area contributed by atoms with Gasteiger partial charge in [-0.15, -0.1) is 0 Å². The summed E-state index contributed by atoms with van der Waals surface area (Å²) in [5.74, 6) is 0.0609. The van der Waals surface area contributed by atoms with Gasteiger partial charge in [-0.1, -0.05) is 18.2 Å². The molecule has 0 amide bonds. The lowest BCUT2D eigenvalue weighted by Gasteiger charge is -2.11. The number of para-hydroxylation sites is 1. The second-order valence-corrected chi connectivity index (χ2v) is 4.85. The van der Waals surface area contributed by atoms with Crippen LogP contribution in [0.5, 0.6) is 11.5 Å². The molecule has 0 bridgehead atoms. The molecule has 5 heteroatoms. The normalized spacial score (nSPS) is 10.6. The molecular formula is C17H13NO4. The second kappa shape index (κ2) is 5.37. The fourth-order valence-electron chi connectivity index (χ4n) is 2.33. The van der Waals surface area contributed by atoms with Crippen molar-refractivity contribution in [3.8, 4) is 11.5 Å². The Morgan fingerprint density at radius 1 is 1.05 bits per heavy atom. The third-order valence-corrected chi connectivity index (χ3v) is 3.42. The van der Waals surface area contributed by atoms with Crippen LogP contribution in [-0.4, -0.2) is 15.6 Å². The van der Waals surface area contributed by atoms with Gasteiger partial charge < -0.3 is 14.4 Å². The number of fused-ring (bicyclic) bond motifs is 1. The highest BCUT2D eigenvalue weighted by Gasteiger charge is 2.12. The van der Waals surface area contributed by atoms with Gasteiger partial charge in [0.05, 0.1) is 5.52 Å². The maximum absolute atomic E-state index is 12.1. The molecule has 3 rings (SSSR count). The number of hydrogen-bond acceptors (Lipinski definition) is 3. The predicted molar refractivity (Wildman–Crippen MR) is 82.7 cm³/mol. The van der Waals surface area contributed by atoms with Crippen LogP contribution in [0.15, 0.2) is 59.4 Å². The first kappa shape index (κ1) is 13.9. The standard InChI is InChI=1S/C17H13NO4/c1-18-14-8-7-12(22-11-5-3-2-4-6-11)9-13(14)16(19)10-15(18)17(20)21/h2-10H,1H3,(H,20,21). The van der Waals surface area contributed by atoms with Crippen LogP contribution in [0.3, 0.4) is 0 Å². The molecule has 1 aromatic heterocycles. The SMILES string of the molecule is Cn1c(C(=O)O)cc(=O)c2cc(Oc3ccccc3)ccc21. The van der Waals surface area contributed by atoms with Gasteiger partial charge in [-0.2, -0.15) is 0 Å². The van der Waals surface area contributed by atoms with Crippen molar-refractivity contribution < 1.29 is 14.6 Å². The first-order valence-electron chi connectivity index (χ1n) is 6.66. The maximum atomic E-state index is 12.1. The zero-order valence-electron chi connectivity index (χ0n) is 11.8. The van der Waals surface area contributed by atoms with Crippen molar-refractivity contribution in [3.05, 3.63) is 70.5 Å². The minimum Gasteiger partial charge on any atom is -0.477 e. The highest BCUT2D eigenvalue weighted by molar-refractivity contribution is 5.90. The Hall–Kier alpha value is -3.08. The van der Waals surface area contributed by atoms with E-state index in [9.17, 15) is 9.59 Å². The average molecular weight is 295 g/mol. The van der Waals surface area contributed by atoms with E-state index in [-0.39, 0.29) is 11.1 Å². The Morgan fingerprint density at radius 3 is 2.45 bits per heavy atom. The maximum Gasteiger partial charge on any atom is 0.352 e. The fourth-order valence-corrected chi connectivity index (χ4v) is 2.33. The van der Waals surface area contributed by atoms with Crippen molar-refractivity contribution >= 4 is 16.9 Å². The number of aromatic nitrogens is 1. The van der Waals surface area contributed by atoms with E-state index in [1.807, 2.05) is 30.3 Å². The van der Waals surface area contributed by atoms with Crippen LogP contribution in [0, 0.1) is 0 Å². The smallest absolute Gasteiger partial charge is 0.352 e. The van der Waals surface area contributed by atoms with E-state index < -0.39 is 5.97 Å². The minimum atomic E-state index is -1.13. The molecule has 0 fully saturated rings. The molecule has 1 N–H and O–H groups in total. The molecule has 2 aromatic carbocycles. The molecule has 22 heavy (non-hydrogen) atoms. The molecule has 0 spiro atoms. The van der Waals surface area contributed by atoms with Crippen molar-refractivity contribution in [2.45, 2.75) is 0 Å². The van der Waals surface area contributed by atoms with Crippen LogP contribution in [0.25, 0.3) is 10.9 Å². The summed E-state index contributed by atoms with van der Waals surface area (Å²) < 4.78 is 7.17. The largest absolute Gasteiger partial charge is 0.477 e. The molecule has 0 unspecified atom stereocenters. The number of benzene rings is 2. The van der Waals surface area contributed by atoms with E-state index >= 15 is 0 Å². The number of aromatic carboxylic acids is 1. The van der Waals surface area contributed by atoms with Crippen molar-refractivity contribution in [1.29, 1.82) is 0 Å². The summed E-state index contributed by atoms with van der Waals surface area (Å²) in [4.78, 5) is 23.3. The number of nitrogens with zero attached hydrogens (tertiary/aromatic N) is 1.